The number of halogens is 1. The van der Waals surface area contributed by atoms with Crippen molar-refractivity contribution in [2.45, 2.75) is 26.4 Å². The van der Waals surface area contributed by atoms with E-state index in [1.165, 1.54) is 0 Å². The van der Waals surface area contributed by atoms with Crippen LogP contribution in [0.1, 0.15) is 24.6 Å². The van der Waals surface area contributed by atoms with Gasteiger partial charge in [0.15, 0.2) is 0 Å². The molecule has 1 aromatic carbocycles. The van der Waals surface area contributed by atoms with Gasteiger partial charge in [-0.2, -0.15) is 0 Å². The lowest BCUT2D eigenvalue weighted by Gasteiger charge is -2.09. The summed E-state index contributed by atoms with van der Waals surface area (Å²) < 4.78 is 6.87. The summed E-state index contributed by atoms with van der Waals surface area (Å²) in [7, 11) is 0. The molecule has 0 fully saturated rings. The molecule has 2 aromatic rings. The maximum Gasteiger partial charge on any atom is 0.219 e. The summed E-state index contributed by atoms with van der Waals surface area (Å²) in [5, 5.41) is 9.28. The Morgan fingerprint density at radius 1 is 1.26 bits per heavy atom. The number of pyridine rings is 1. The number of aryl methyl sites for hydroxylation is 1. The molecule has 4 heteroatoms. The fourth-order valence-electron chi connectivity index (χ4n) is 1.80. The number of aliphatic hydroxyl groups excluding tert-OH is 1. The average Bonchev–Trinajstić information content (AvgIpc) is 2.39. The second-order valence-electron chi connectivity index (χ2n) is 4.27. The zero-order valence-electron chi connectivity index (χ0n) is 10.8. The molecule has 3 nitrogen and oxygen atoms in total. The number of rotatable bonds is 5. The van der Waals surface area contributed by atoms with Crippen molar-refractivity contribution >= 4 is 22.6 Å². The second-order valence-corrected chi connectivity index (χ2v) is 5.52. The van der Waals surface area contributed by atoms with Crippen LogP contribution in [-0.4, -0.2) is 10.1 Å². The molecule has 0 saturated carbocycles. The first-order chi connectivity index (χ1) is 9.21. The fourth-order valence-corrected chi connectivity index (χ4v) is 2.31. The first kappa shape index (κ1) is 14.3. The minimum Gasteiger partial charge on any atom is -0.439 e. The quantitative estimate of drug-likeness (QED) is 0.813. The summed E-state index contributed by atoms with van der Waals surface area (Å²) in [4.78, 5) is 4.46. The van der Waals surface area contributed by atoms with E-state index in [0.717, 1.165) is 33.4 Å². The van der Waals surface area contributed by atoms with Gasteiger partial charge in [0.1, 0.15) is 5.75 Å². The van der Waals surface area contributed by atoms with Gasteiger partial charge in [-0.3, -0.25) is 0 Å². The highest BCUT2D eigenvalue weighted by Crippen LogP contribution is 2.23. The van der Waals surface area contributed by atoms with Crippen LogP contribution in [-0.2, 0) is 13.0 Å². The van der Waals surface area contributed by atoms with Gasteiger partial charge in [-0.05, 0) is 58.8 Å². The van der Waals surface area contributed by atoms with Gasteiger partial charge in [0.05, 0.1) is 6.61 Å². The van der Waals surface area contributed by atoms with E-state index in [-0.39, 0.29) is 6.61 Å². The van der Waals surface area contributed by atoms with Gasteiger partial charge < -0.3 is 9.84 Å². The lowest BCUT2D eigenvalue weighted by molar-refractivity contribution is 0.280. The van der Waals surface area contributed by atoms with Crippen LogP contribution in [0.25, 0.3) is 0 Å². The van der Waals surface area contributed by atoms with Crippen molar-refractivity contribution in [3.05, 3.63) is 51.2 Å². The summed E-state index contributed by atoms with van der Waals surface area (Å²) in [6, 6.07) is 11.5. The van der Waals surface area contributed by atoms with Gasteiger partial charge in [-0.15, -0.1) is 0 Å². The summed E-state index contributed by atoms with van der Waals surface area (Å²) in [6.07, 6.45) is 1.90. The molecule has 0 aliphatic rings. The second kappa shape index (κ2) is 6.86. The van der Waals surface area contributed by atoms with Crippen LogP contribution in [0, 0.1) is 3.57 Å². The van der Waals surface area contributed by atoms with E-state index in [4.69, 9.17) is 4.74 Å². The smallest absolute Gasteiger partial charge is 0.219 e. The van der Waals surface area contributed by atoms with E-state index in [0.29, 0.717) is 5.88 Å². The molecule has 0 radical (unpaired) electrons. The third kappa shape index (κ3) is 4.18. The van der Waals surface area contributed by atoms with Gasteiger partial charge >= 0.3 is 0 Å². The van der Waals surface area contributed by atoms with Crippen LogP contribution < -0.4 is 4.74 Å². The molecule has 0 bridgehead atoms. The highest BCUT2D eigenvalue weighted by Gasteiger charge is 2.05. The third-order valence-electron chi connectivity index (χ3n) is 2.62. The minimum atomic E-state index is 0.00190. The highest BCUT2D eigenvalue weighted by molar-refractivity contribution is 14.1. The van der Waals surface area contributed by atoms with E-state index in [1.807, 2.05) is 30.3 Å². The Morgan fingerprint density at radius 3 is 2.79 bits per heavy atom. The van der Waals surface area contributed by atoms with Gasteiger partial charge in [-0.25, -0.2) is 4.98 Å². The molecule has 0 aliphatic heterocycles. The minimum absolute atomic E-state index is 0.00190. The lowest BCUT2D eigenvalue weighted by atomic mass is 10.2. The Morgan fingerprint density at radius 2 is 2.11 bits per heavy atom. The molecular weight excluding hydrogens is 353 g/mol. The number of aromatic nitrogens is 1. The van der Waals surface area contributed by atoms with Crippen LogP contribution >= 0.6 is 22.6 Å². The van der Waals surface area contributed by atoms with Crippen LogP contribution in [0.4, 0.5) is 0 Å². The largest absolute Gasteiger partial charge is 0.439 e. The molecule has 0 saturated heterocycles. The van der Waals surface area contributed by atoms with E-state index < -0.39 is 0 Å². The van der Waals surface area contributed by atoms with Gasteiger partial charge in [-0.1, -0.05) is 19.4 Å². The predicted octanol–water partition coefficient (Wildman–Crippen LogP) is 3.92. The van der Waals surface area contributed by atoms with E-state index in [9.17, 15) is 5.11 Å². The molecular formula is C15H16INO2. The Kier molecular flexibility index (Phi) is 5.15. The molecule has 1 heterocycles. The zero-order chi connectivity index (χ0) is 13.7. The molecule has 19 heavy (non-hydrogen) atoms. The Labute approximate surface area is 126 Å². The number of ether oxygens (including phenoxy) is 1. The standard InChI is InChI=1S/C15H16INO2/c1-2-4-13-7-11(10-18)8-15(17-13)19-14-6-3-5-12(16)9-14/h3,5-9,18H,2,4,10H2,1H3. The average molecular weight is 369 g/mol. The highest BCUT2D eigenvalue weighted by atomic mass is 127. The molecule has 1 N–H and O–H groups in total. The zero-order valence-corrected chi connectivity index (χ0v) is 12.9. The van der Waals surface area contributed by atoms with E-state index in [2.05, 4.69) is 34.5 Å². The van der Waals surface area contributed by atoms with E-state index in [1.54, 1.807) is 6.07 Å². The summed E-state index contributed by atoms with van der Waals surface area (Å²) in [5.41, 5.74) is 1.79. The maximum absolute atomic E-state index is 9.28. The molecule has 0 spiro atoms. The van der Waals surface area contributed by atoms with Crippen molar-refractivity contribution < 1.29 is 9.84 Å². The summed E-state index contributed by atoms with van der Waals surface area (Å²) in [6.45, 7) is 2.11. The van der Waals surface area contributed by atoms with E-state index >= 15 is 0 Å². The summed E-state index contributed by atoms with van der Waals surface area (Å²) >= 11 is 2.24. The third-order valence-corrected chi connectivity index (χ3v) is 3.29. The molecule has 0 aliphatic carbocycles. The predicted molar refractivity (Wildman–Crippen MR) is 83.4 cm³/mol. The van der Waals surface area contributed by atoms with Gasteiger partial charge in [0.2, 0.25) is 5.88 Å². The first-order valence-corrected chi connectivity index (χ1v) is 7.33. The summed E-state index contributed by atoms with van der Waals surface area (Å²) in [5.74, 6) is 1.30. The van der Waals surface area contributed by atoms with Crippen molar-refractivity contribution in [2.75, 3.05) is 0 Å². The monoisotopic (exact) mass is 369 g/mol. The molecule has 0 atom stereocenters. The Balaban J connectivity index is 2.26. The molecule has 2 rings (SSSR count). The molecule has 0 amide bonds. The topological polar surface area (TPSA) is 42.4 Å². The van der Waals surface area contributed by atoms with Crippen LogP contribution in [0.2, 0.25) is 0 Å². The van der Waals surface area contributed by atoms with Crippen LogP contribution in [0.15, 0.2) is 36.4 Å². The number of hydrogen-bond acceptors (Lipinski definition) is 3. The molecule has 1 aromatic heterocycles. The molecule has 100 valence electrons. The van der Waals surface area contributed by atoms with Crippen molar-refractivity contribution in [1.29, 1.82) is 0 Å². The molecule has 0 unspecified atom stereocenters. The normalized spacial score (nSPS) is 10.5. The van der Waals surface area contributed by atoms with Crippen molar-refractivity contribution in [3.8, 4) is 11.6 Å². The SMILES string of the molecule is CCCc1cc(CO)cc(Oc2cccc(I)c2)n1. The van der Waals surface area contributed by atoms with Crippen LogP contribution in [0.3, 0.4) is 0 Å². The fraction of sp³-hybridized carbons (Fsp3) is 0.267. The van der Waals surface area contributed by atoms with Crippen molar-refractivity contribution in [1.82, 2.24) is 4.98 Å². The number of nitrogens with zero attached hydrogens (tertiary/aromatic N) is 1. The number of aliphatic hydroxyl groups is 1. The van der Waals surface area contributed by atoms with Crippen molar-refractivity contribution in [2.24, 2.45) is 0 Å². The van der Waals surface area contributed by atoms with Gasteiger partial charge in [0.25, 0.3) is 0 Å². The Hall–Kier alpha value is -1.14. The first-order valence-electron chi connectivity index (χ1n) is 6.25. The van der Waals surface area contributed by atoms with Gasteiger partial charge in [0, 0.05) is 15.3 Å². The lowest BCUT2D eigenvalue weighted by Crippen LogP contribution is -1.97. The van der Waals surface area contributed by atoms with Crippen molar-refractivity contribution in [3.63, 3.8) is 0 Å². The number of benzene rings is 1. The maximum atomic E-state index is 9.28. The number of hydrogen-bond donors (Lipinski definition) is 1. The van der Waals surface area contributed by atoms with Crippen LogP contribution in [0.5, 0.6) is 11.6 Å². The Bertz CT molecular complexity index is 558.